The van der Waals surface area contributed by atoms with Crippen LogP contribution in [0.15, 0.2) is 106 Å². The Kier molecular flexibility index (Phi) is 15.4. The molecule has 4 amide bonds. The van der Waals surface area contributed by atoms with E-state index in [4.69, 9.17) is 4.74 Å². The molecule has 0 saturated heterocycles. The van der Waals surface area contributed by atoms with Crippen LogP contribution in [0.2, 0.25) is 0 Å². The van der Waals surface area contributed by atoms with Gasteiger partial charge in [-0.15, -0.1) is 5.11 Å². The lowest BCUT2D eigenvalue weighted by Crippen LogP contribution is -2.51. The summed E-state index contributed by atoms with van der Waals surface area (Å²) in [7, 11) is -3.91. The fraction of sp³-hybridized carbons (Fsp3) is 0.341. The first kappa shape index (κ1) is 43.4. The van der Waals surface area contributed by atoms with Crippen LogP contribution >= 0.6 is 10.9 Å². The maximum absolute atomic E-state index is 13.8. The molecule has 0 saturated carbocycles. The lowest BCUT2D eigenvalue weighted by molar-refractivity contribution is -0.142. The van der Waals surface area contributed by atoms with Crippen molar-refractivity contribution >= 4 is 40.3 Å². The molecule has 4 aromatic rings. The van der Waals surface area contributed by atoms with Crippen LogP contribution in [0.25, 0.3) is 0 Å². The van der Waals surface area contributed by atoms with E-state index >= 15 is 0 Å². The van der Waals surface area contributed by atoms with E-state index in [1.807, 2.05) is 50.2 Å². The second-order valence-electron chi connectivity index (χ2n) is 14.4. The van der Waals surface area contributed by atoms with E-state index in [-0.39, 0.29) is 48.6 Å². The SMILES string of the molecule is CC(C)C[C@H]1C(=O)N[C@H](C(=O)NCc2ccc(CNC(=O)c3ccc(N=NCc4ccccc4S(O)(O)O)nc3)cc2)Cc2ccc(cc2)OCCC[C@@H]1C(=O)NO. The van der Waals surface area contributed by atoms with Crippen molar-refractivity contribution in [3.8, 4) is 5.75 Å². The molecule has 0 spiro atoms. The zero-order valence-corrected chi connectivity index (χ0v) is 33.0. The predicted molar refractivity (Wildman–Crippen MR) is 215 cm³/mol. The van der Waals surface area contributed by atoms with E-state index in [2.05, 4.69) is 31.2 Å². The molecule has 3 heterocycles. The molecule has 0 unspecified atom stereocenters. The van der Waals surface area contributed by atoms with Gasteiger partial charge in [0.2, 0.25) is 17.7 Å². The smallest absolute Gasteiger partial charge is 0.253 e. The minimum absolute atomic E-state index is 0.0276. The summed E-state index contributed by atoms with van der Waals surface area (Å²) < 4.78 is 34.7. The van der Waals surface area contributed by atoms with E-state index in [9.17, 15) is 38.0 Å². The average molecular weight is 816 g/mol. The van der Waals surface area contributed by atoms with Crippen molar-refractivity contribution in [3.63, 3.8) is 0 Å². The summed E-state index contributed by atoms with van der Waals surface area (Å²) in [5.74, 6) is -2.53. The van der Waals surface area contributed by atoms with Gasteiger partial charge in [-0.1, -0.05) is 68.4 Å². The van der Waals surface area contributed by atoms with E-state index in [1.54, 1.807) is 41.9 Å². The van der Waals surface area contributed by atoms with Gasteiger partial charge in [-0.25, -0.2) is 10.5 Å². The van der Waals surface area contributed by atoms with Crippen LogP contribution in [-0.4, -0.2) is 60.1 Å². The number of fused-ring (bicyclic) bond motifs is 11. The van der Waals surface area contributed by atoms with Crippen LogP contribution in [0.5, 0.6) is 5.75 Å². The molecule has 17 heteroatoms. The maximum atomic E-state index is 13.8. The molecule has 3 aromatic carbocycles. The summed E-state index contributed by atoms with van der Waals surface area (Å²) in [5, 5.41) is 26.2. The van der Waals surface area contributed by atoms with Crippen LogP contribution < -0.4 is 26.2 Å². The number of azo groups is 1. The number of hydroxylamine groups is 1. The number of carbonyl (C=O) groups excluding carboxylic acids is 4. The number of amides is 4. The molecule has 0 aliphatic carbocycles. The molecular formula is C41H49N7O9S. The van der Waals surface area contributed by atoms with Crippen molar-refractivity contribution in [3.05, 3.63) is 119 Å². The second-order valence-corrected chi connectivity index (χ2v) is 15.8. The average Bonchev–Trinajstić information content (AvgIpc) is 3.21. The molecule has 16 nitrogen and oxygen atoms in total. The number of carbonyl (C=O) groups is 4. The van der Waals surface area contributed by atoms with Crippen molar-refractivity contribution in [1.82, 2.24) is 26.4 Å². The van der Waals surface area contributed by atoms with Gasteiger partial charge < -0.3 is 34.3 Å². The number of hydrogen-bond acceptors (Lipinski definition) is 12. The molecule has 0 radical (unpaired) electrons. The zero-order chi connectivity index (χ0) is 41.7. The Balaban J connectivity index is 1.16. The topological polar surface area (TPSA) is 244 Å². The maximum Gasteiger partial charge on any atom is 0.253 e. The summed E-state index contributed by atoms with van der Waals surface area (Å²) in [5.41, 5.74) is 4.82. The number of nitrogens with zero attached hydrogens (tertiary/aromatic N) is 3. The predicted octanol–water partition coefficient (Wildman–Crippen LogP) is 6.18. The van der Waals surface area contributed by atoms with E-state index in [0.717, 1.165) is 16.7 Å². The summed E-state index contributed by atoms with van der Waals surface area (Å²) in [4.78, 5) is 57.2. The second kappa shape index (κ2) is 20.6. The van der Waals surface area contributed by atoms with Gasteiger partial charge in [-0.05, 0) is 77.8 Å². The highest BCUT2D eigenvalue weighted by Gasteiger charge is 2.36. The molecule has 3 atom stereocenters. The Morgan fingerprint density at radius 2 is 1.60 bits per heavy atom. The van der Waals surface area contributed by atoms with Crippen molar-refractivity contribution in [2.75, 3.05) is 6.61 Å². The highest BCUT2D eigenvalue weighted by Crippen LogP contribution is 2.45. The lowest BCUT2D eigenvalue weighted by Gasteiger charge is -2.29. The third-order valence-electron chi connectivity index (χ3n) is 9.55. The standard InChI is InChI=1S/C41H49N7O9S/c1-26(2)20-34-33(40(51)48-53)7-5-19-57-32-16-13-27(14-17-32)21-35(46-39(34)50)41(52)44-23-29-11-9-28(10-12-29)22-43-38(49)31-15-18-37(42-24-31)47-45-25-30-6-3-4-8-36(30)58(54,55)56/h3-4,6,8-18,24,26,33-35,53-56H,5,7,19-23,25H2,1-2H3,(H,43,49)(H,44,52)(H,46,50)(H,48,51)/t33-,34+,35-/m0/s1. The number of rotatable bonds is 13. The Labute approximate surface area is 338 Å². The van der Waals surface area contributed by atoms with Gasteiger partial charge >= 0.3 is 0 Å². The fourth-order valence-corrected chi connectivity index (χ4v) is 7.28. The highest BCUT2D eigenvalue weighted by molar-refractivity contribution is 8.19. The van der Waals surface area contributed by atoms with Gasteiger partial charge in [0.15, 0.2) is 5.82 Å². The van der Waals surface area contributed by atoms with E-state index < -0.39 is 46.5 Å². The molecule has 58 heavy (non-hydrogen) atoms. The number of aromatic nitrogens is 1. The molecule has 6 rings (SSSR count). The van der Waals surface area contributed by atoms with E-state index in [1.165, 1.54) is 18.3 Å². The molecule has 8 N–H and O–H groups in total. The largest absolute Gasteiger partial charge is 0.494 e. The monoisotopic (exact) mass is 815 g/mol. The van der Waals surface area contributed by atoms with Gasteiger partial charge in [0.1, 0.15) is 22.7 Å². The van der Waals surface area contributed by atoms with E-state index in [0.29, 0.717) is 42.7 Å². The van der Waals surface area contributed by atoms with Crippen LogP contribution in [0.3, 0.4) is 0 Å². The Hall–Kier alpha value is -5.72. The third-order valence-corrected chi connectivity index (χ3v) is 10.5. The normalized spacial score (nSPS) is 17.8. The first-order valence-electron chi connectivity index (χ1n) is 18.8. The first-order chi connectivity index (χ1) is 27.8. The summed E-state index contributed by atoms with van der Waals surface area (Å²) >= 11 is 0. The quantitative estimate of drug-likeness (QED) is 0.0433. The van der Waals surface area contributed by atoms with Gasteiger partial charge in [0.25, 0.3) is 5.91 Å². The fourth-order valence-electron chi connectivity index (χ4n) is 6.54. The number of pyridine rings is 1. The molecule has 2 bridgehead atoms. The van der Waals surface area contributed by atoms with Crippen LogP contribution in [0.4, 0.5) is 5.82 Å². The Morgan fingerprint density at radius 1 is 0.914 bits per heavy atom. The number of benzene rings is 3. The van der Waals surface area contributed by atoms with Crippen molar-refractivity contribution < 1.29 is 42.8 Å². The number of nitrogens with one attached hydrogen (secondary N) is 4. The minimum Gasteiger partial charge on any atom is -0.494 e. The van der Waals surface area contributed by atoms with Gasteiger partial charge in [0.05, 0.1) is 29.5 Å². The van der Waals surface area contributed by atoms with Crippen molar-refractivity contribution in [2.45, 2.75) is 70.1 Å². The van der Waals surface area contributed by atoms with Crippen molar-refractivity contribution in [2.24, 2.45) is 28.0 Å². The minimum atomic E-state index is -3.91. The van der Waals surface area contributed by atoms with Gasteiger partial charge in [-0.2, -0.15) is 5.11 Å². The highest BCUT2D eigenvalue weighted by atomic mass is 32.3. The number of hydrogen-bond donors (Lipinski definition) is 8. The molecule has 1 aromatic heterocycles. The molecular weight excluding hydrogens is 767 g/mol. The van der Waals surface area contributed by atoms with Gasteiger partial charge in [0, 0.05) is 31.6 Å². The van der Waals surface area contributed by atoms with Crippen LogP contribution in [0.1, 0.15) is 65.7 Å². The summed E-state index contributed by atoms with van der Waals surface area (Å²) in [6.07, 6.45) is 2.71. The lowest BCUT2D eigenvalue weighted by atomic mass is 9.81. The van der Waals surface area contributed by atoms with Crippen LogP contribution in [-0.2, 0) is 40.4 Å². The molecule has 308 valence electrons. The van der Waals surface area contributed by atoms with Crippen LogP contribution in [0, 0.1) is 17.8 Å². The van der Waals surface area contributed by atoms with Crippen molar-refractivity contribution in [1.29, 1.82) is 0 Å². The third kappa shape index (κ3) is 12.6. The zero-order valence-electron chi connectivity index (χ0n) is 32.2. The summed E-state index contributed by atoms with van der Waals surface area (Å²) in [6, 6.07) is 22.9. The Bertz CT molecular complexity index is 2040. The summed E-state index contributed by atoms with van der Waals surface area (Å²) in [6.45, 7) is 4.59. The Morgan fingerprint density at radius 3 is 2.24 bits per heavy atom. The van der Waals surface area contributed by atoms with Gasteiger partial charge in [-0.3, -0.25) is 24.4 Å². The molecule has 2 aliphatic rings. The number of ether oxygens (including phenoxy) is 1. The molecule has 0 fully saturated rings. The molecule has 2 aliphatic heterocycles. The first-order valence-corrected chi connectivity index (χ1v) is 20.3.